The van der Waals surface area contributed by atoms with E-state index in [4.69, 9.17) is 4.74 Å². The van der Waals surface area contributed by atoms with Crippen LogP contribution >= 0.6 is 15.9 Å². The predicted molar refractivity (Wildman–Crippen MR) is 56.5 cm³/mol. The van der Waals surface area contributed by atoms with E-state index < -0.39 is 0 Å². The van der Waals surface area contributed by atoms with E-state index in [1.807, 2.05) is 10.9 Å². The van der Waals surface area contributed by atoms with Crippen molar-refractivity contribution in [2.24, 2.45) is 0 Å². The molecule has 4 nitrogen and oxygen atoms in total. The Bertz CT molecular complexity index is 296. The SMILES string of the molecule is CCC(Br)c1cn(C2CCOC2)nn1. The van der Waals surface area contributed by atoms with Crippen molar-refractivity contribution in [3.05, 3.63) is 11.9 Å². The second kappa shape index (κ2) is 4.40. The van der Waals surface area contributed by atoms with E-state index in [1.165, 1.54) is 0 Å². The highest BCUT2D eigenvalue weighted by Gasteiger charge is 2.20. The van der Waals surface area contributed by atoms with Crippen molar-refractivity contribution in [2.45, 2.75) is 30.6 Å². The molecule has 1 aromatic rings. The number of halogens is 1. The van der Waals surface area contributed by atoms with Crippen molar-refractivity contribution >= 4 is 15.9 Å². The van der Waals surface area contributed by atoms with E-state index in [-0.39, 0.29) is 0 Å². The molecule has 0 aromatic carbocycles. The van der Waals surface area contributed by atoms with Gasteiger partial charge in [-0.2, -0.15) is 0 Å². The average Bonchev–Trinajstić information content (AvgIpc) is 2.86. The summed E-state index contributed by atoms with van der Waals surface area (Å²) in [4.78, 5) is 0.318. The van der Waals surface area contributed by atoms with E-state index in [0.29, 0.717) is 10.9 Å². The van der Waals surface area contributed by atoms with Gasteiger partial charge in [-0.15, -0.1) is 5.10 Å². The van der Waals surface area contributed by atoms with E-state index >= 15 is 0 Å². The molecule has 1 aliphatic rings. The normalized spacial score (nSPS) is 24.0. The number of hydrogen-bond acceptors (Lipinski definition) is 3. The monoisotopic (exact) mass is 259 g/mol. The van der Waals surface area contributed by atoms with Crippen LogP contribution in [0.5, 0.6) is 0 Å². The molecule has 14 heavy (non-hydrogen) atoms. The van der Waals surface area contributed by atoms with Gasteiger partial charge in [0.2, 0.25) is 0 Å². The van der Waals surface area contributed by atoms with Gasteiger partial charge < -0.3 is 4.74 Å². The Hall–Kier alpha value is -0.420. The fraction of sp³-hybridized carbons (Fsp3) is 0.778. The van der Waals surface area contributed by atoms with Crippen LogP contribution in [0.3, 0.4) is 0 Å². The summed E-state index contributed by atoms with van der Waals surface area (Å²) in [6.07, 6.45) is 4.09. The molecule has 0 aliphatic carbocycles. The first-order valence-electron chi connectivity index (χ1n) is 4.94. The number of alkyl halides is 1. The molecule has 0 amide bonds. The number of hydrogen-bond donors (Lipinski definition) is 0. The van der Waals surface area contributed by atoms with Crippen LogP contribution in [0.1, 0.15) is 36.3 Å². The van der Waals surface area contributed by atoms with Crippen molar-refractivity contribution in [1.82, 2.24) is 15.0 Å². The summed E-state index contributed by atoms with van der Waals surface area (Å²) in [7, 11) is 0. The molecule has 2 heterocycles. The van der Waals surface area contributed by atoms with Gasteiger partial charge in [-0.3, -0.25) is 0 Å². The smallest absolute Gasteiger partial charge is 0.0963 e. The summed E-state index contributed by atoms with van der Waals surface area (Å²) in [6, 6.07) is 0.382. The Morgan fingerprint density at radius 2 is 2.64 bits per heavy atom. The third-order valence-electron chi connectivity index (χ3n) is 2.49. The summed E-state index contributed by atoms with van der Waals surface area (Å²) < 4.78 is 7.23. The van der Waals surface area contributed by atoms with Crippen molar-refractivity contribution in [2.75, 3.05) is 13.2 Å². The maximum Gasteiger partial charge on any atom is 0.0963 e. The molecule has 1 saturated heterocycles. The highest BCUT2D eigenvalue weighted by molar-refractivity contribution is 9.09. The van der Waals surface area contributed by atoms with Crippen LogP contribution in [-0.2, 0) is 4.74 Å². The standard InChI is InChI=1S/C9H14BrN3O/c1-2-8(10)9-5-13(12-11-9)7-3-4-14-6-7/h5,7-8H,2-4,6H2,1H3. The zero-order valence-electron chi connectivity index (χ0n) is 8.19. The topological polar surface area (TPSA) is 39.9 Å². The molecule has 2 unspecified atom stereocenters. The number of aromatic nitrogens is 3. The zero-order chi connectivity index (χ0) is 9.97. The van der Waals surface area contributed by atoms with Crippen molar-refractivity contribution < 1.29 is 4.74 Å². The van der Waals surface area contributed by atoms with Crippen LogP contribution in [0.25, 0.3) is 0 Å². The van der Waals surface area contributed by atoms with Gasteiger partial charge in [0.15, 0.2) is 0 Å². The molecule has 0 bridgehead atoms. The van der Waals surface area contributed by atoms with Gasteiger partial charge in [0.25, 0.3) is 0 Å². The van der Waals surface area contributed by atoms with E-state index in [2.05, 4.69) is 33.2 Å². The lowest BCUT2D eigenvalue weighted by atomic mass is 10.2. The van der Waals surface area contributed by atoms with E-state index in [1.54, 1.807) is 0 Å². The first-order valence-corrected chi connectivity index (χ1v) is 5.86. The zero-order valence-corrected chi connectivity index (χ0v) is 9.77. The number of nitrogens with zero attached hydrogens (tertiary/aromatic N) is 3. The molecule has 0 saturated carbocycles. The Kier molecular flexibility index (Phi) is 3.18. The van der Waals surface area contributed by atoms with Crippen LogP contribution in [0.15, 0.2) is 6.20 Å². The lowest BCUT2D eigenvalue weighted by molar-refractivity contribution is 0.184. The van der Waals surface area contributed by atoms with Gasteiger partial charge in [-0.25, -0.2) is 4.68 Å². The Morgan fingerprint density at radius 1 is 1.79 bits per heavy atom. The minimum absolute atomic E-state index is 0.318. The summed E-state index contributed by atoms with van der Waals surface area (Å²) >= 11 is 3.56. The van der Waals surface area contributed by atoms with Crippen molar-refractivity contribution in [1.29, 1.82) is 0 Å². The van der Waals surface area contributed by atoms with E-state index in [9.17, 15) is 0 Å². The second-order valence-corrected chi connectivity index (χ2v) is 4.62. The van der Waals surface area contributed by atoms with Crippen LogP contribution in [0.2, 0.25) is 0 Å². The molecular formula is C9H14BrN3O. The minimum Gasteiger partial charge on any atom is -0.379 e. The number of ether oxygens (including phenoxy) is 1. The lowest BCUT2D eigenvalue weighted by Crippen LogP contribution is -2.09. The summed E-state index contributed by atoms with van der Waals surface area (Å²) in [5.74, 6) is 0. The Morgan fingerprint density at radius 3 is 3.29 bits per heavy atom. The first kappa shape index (κ1) is 10.1. The highest BCUT2D eigenvalue weighted by Crippen LogP contribution is 2.25. The maximum absolute atomic E-state index is 5.31. The fourth-order valence-corrected chi connectivity index (χ4v) is 1.76. The molecule has 0 spiro atoms. The highest BCUT2D eigenvalue weighted by atomic mass is 79.9. The molecule has 78 valence electrons. The van der Waals surface area contributed by atoms with Gasteiger partial charge >= 0.3 is 0 Å². The largest absolute Gasteiger partial charge is 0.379 e. The van der Waals surface area contributed by atoms with Gasteiger partial charge in [0.05, 0.1) is 23.2 Å². The van der Waals surface area contributed by atoms with Gasteiger partial charge in [-0.1, -0.05) is 28.1 Å². The molecule has 1 fully saturated rings. The molecule has 2 rings (SSSR count). The quantitative estimate of drug-likeness (QED) is 0.781. The van der Waals surface area contributed by atoms with E-state index in [0.717, 1.165) is 31.7 Å². The lowest BCUT2D eigenvalue weighted by Gasteiger charge is -2.05. The van der Waals surface area contributed by atoms with Crippen molar-refractivity contribution in [3.8, 4) is 0 Å². The van der Waals surface area contributed by atoms with Gasteiger partial charge in [-0.05, 0) is 12.8 Å². The Labute approximate surface area is 91.8 Å². The predicted octanol–water partition coefficient (Wildman–Crippen LogP) is 2.09. The molecule has 1 aliphatic heterocycles. The van der Waals surface area contributed by atoms with Crippen LogP contribution in [0.4, 0.5) is 0 Å². The molecular weight excluding hydrogens is 246 g/mol. The molecule has 1 aromatic heterocycles. The third kappa shape index (κ3) is 1.98. The van der Waals surface area contributed by atoms with Crippen LogP contribution < -0.4 is 0 Å². The second-order valence-electron chi connectivity index (χ2n) is 3.52. The average molecular weight is 260 g/mol. The van der Waals surface area contributed by atoms with Gasteiger partial charge in [0, 0.05) is 12.8 Å². The summed E-state index contributed by atoms with van der Waals surface area (Å²) in [6.45, 7) is 3.73. The third-order valence-corrected chi connectivity index (χ3v) is 3.60. The van der Waals surface area contributed by atoms with Gasteiger partial charge in [0.1, 0.15) is 0 Å². The first-order chi connectivity index (χ1) is 6.81. The molecule has 2 atom stereocenters. The molecule has 0 N–H and O–H groups in total. The van der Waals surface area contributed by atoms with Crippen LogP contribution in [0, 0.1) is 0 Å². The van der Waals surface area contributed by atoms with Crippen LogP contribution in [-0.4, -0.2) is 28.2 Å². The molecule has 5 heteroatoms. The Balaban J connectivity index is 2.08. The summed E-state index contributed by atoms with van der Waals surface area (Å²) in [5.41, 5.74) is 1.01. The van der Waals surface area contributed by atoms with Crippen molar-refractivity contribution in [3.63, 3.8) is 0 Å². The fourth-order valence-electron chi connectivity index (χ4n) is 1.55. The summed E-state index contributed by atoms with van der Waals surface area (Å²) in [5, 5.41) is 8.27. The minimum atomic E-state index is 0.318. The number of rotatable bonds is 3. The molecule has 0 radical (unpaired) electrons. The maximum atomic E-state index is 5.31.